The van der Waals surface area contributed by atoms with Crippen LogP contribution >= 0.6 is 0 Å². The summed E-state index contributed by atoms with van der Waals surface area (Å²) in [7, 11) is 2.05. The van der Waals surface area contributed by atoms with E-state index < -0.39 is 0 Å². The van der Waals surface area contributed by atoms with Gasteiger partial charge in [0.1, 0.15) is 5.82 Å². The monoisotopic (exact) mass is 256 g/mol. The number of hydrogen-bond donors (Lipinski definition) is 1. The third-order valence-corrected chi connectivity index (χ3v) is 3.17. The van der Waals surface area contributed by atoms with Crippen molar-refractivity contribution in [1.29, 1.82) is 0 Å². The molecule has 100 valence electrons. The van der Waals surface area contributed by atoms with Crippen molar-refractivity contribution in [3.8, 4) is 0 Å². The molecular weight excluding hydrogens is 236 g/mol. The minimum Gasteiger partial charge on any atom is -0.359 e. The molecule has 2 aromatic heterocycles. The molecule has 2 aromatic rings. The van der Waals surface area contributed by atoms with Crippen molar-refractivity contribution in [3.05, 3.63) is 54.0 Å². The number of likely N-dealkylation sites (N-methyl/N-ethyl adjacent to an activating group) is 1. The van der Waals surface area contributed by atoms with Crippen LogP contribution in [0.5, 0.6) is 0 Å². The van der Waals surface area contributed by atoms with Crippen molar-refractivity contribution in [2.24, 2.45) is 5.73 Å². The molecule has 0 bridgehead atoms. The van der Waals surface area contributed by atoms with E-state index in [-0.39, 0.29) is 6.04 Å². The van der Waals surface area contributed by atoms with E-state index in [1.807, 2.05) is 49.8 Å². The summed E-state index contributed by atoms with van der Waals surface area (Å²) >= 11 is 0. The van der Waals surface area contributed by atoms with Crippen molar-refractivity contribution in [2.75, 3.05) is 18.5 Å². The Hall–Kier alpha value is -1.94. The second-order valence-electron chi connectivity index (χ2n) is 4.77. The molecule has 0 unspecified atom stereocenters. The van der Waals surface area contributed by atoms with E-state index in [2.05, 4.69) is 21.9 Å². The quantitative estimate of drug-likeness (QED) is 0.891. The second kappa shape index (κ2) is 6.29. The molecule has 0 aromatic carbocycles. The predicted molar refractivity (Wildman–Crippen MR) is 78.1 cm³/mol. The van der Waals surface area contributed by atoms with Gasteiger partial charge < -0.3 is 10.6 Å². The normalized spacial score (nSPS) is 12.2. The Morgan fingerprint density at radius 3 is 2.53 bits per heavy atom. The Morgan fingerprint density at radius 1 is 1.21 bits per heavy atom. The summed E-state index contributed by atoms with van der Waals surface area (Å²) in [5.74, 6) is 0.971. The molecule has 2 N–H and O–H groups in total. The SMILES string of the molecule is C[C@@H](N)c1ccc(N(C)CCc2ccncc2)nc1. The van der Waals surface area contributed by atoms with E-state index in [1.165, 1.54) is 5.56 Å². The van der Waals surface area contributed by atoms with Crippen molar-refractivity contribution in [1.82, 2.24) is 9.97 Å². The van der Waals surface area contributed by atoms with Crippen molar-refractivity contribution < 1.29 is 0 Å². The Balaban J connectivity index is 1.94. The second-order valence-corrected chi connectivity index (χ2v) is 4.77. The minimum atomic E-state index is 0.0312. The van der Waals surface area contributed by atoms with Gasteiger partial charge in [-0.3, -0.25) is 4.98 Å². The van der Waals surface area contributed by atoms with Crippen LogP contribution in [-0.2, 0) is 6.42 Å². The van der Waals surface area contributed by atoms with Gasteiger partial charge in [-0.05, 0) is 42.7 Å². The molecule has 0 spiro atoms. The number of anilines is 1. The molecular formula is C15H20N4. The molecule has 0 fully saturated rings. The Morgan fingerprint density at radius 2 is 1.95 bits per heavy atom. The maximum absolute atomic E-state index is 5.82. The standard InChI is InChI=1S/C15H20N4/c1-12(16)14-3-4-15(18-11-14)19(2)10-7-13-5-8-17-9-6-13/h3-6,8-9,11-12H,7,10,16H2,1-2H3/t12-/m1/s1. The molecule has 0 aliphatic heterocycles. The van der Waals surface area contributed by atoms with Crippen molar-refractivity contribution >= 4 is 5.82 Å². The van der Waals surface area contributed by atoms with E-state index >= 15 is 0 Å². The highest BCUT2D eigenvalue weighted by atomic mass is 15.2. The highest BCUT2D eigenvalue weighted by Crippen LogP contribution is 2.14. The smallest absolute Gasteiger partial charge is 0.128 e. The third-order valence-electron chi connectivity index (χ3n) is 3.17. The van der Waals surface area contributed by atoms with Crippen LogP contribution < -0.4 is 10.6 Å². The number of hydrogen-bond acceptors (Lipinski definition) is 4. The lowest BCUT2D eigenvalue weighted by Gasteiger charge is -2.18. The molecule has 0 amide bonds. The van der Waals surface area contributed by atoms with Crippen LogP contribution in [0.3, 0.4) is 0 Å². The molecule has 19 heavy (non-hydrogen) atoms. The molecule has 2 heterocycles. The summed E-state index contributed by atoms with van der Waals surface area (Å²) < 4.78 is 0. The first-order valence-corrected chi connectivity index (χ1v) is 6.48. The minimum absolute atomic E-state index is 0.0312. The lowest BCUT2D eigenvalue weighted by atomic mass is 10.1. The summed E-state index contributed by atoms with van der Waals surface area (Å²) in [6.45, 7) is 2.89. The molecule has 0 aliphatic carbocycles. The number of aromatic nitrogens is 2. The zero-order valence-electron chi connectivity index (χ0n) is 11.5. The van der Waals surface area contributed by atoms with Crippen LogP contribution in [0.1, 0.15) is 24.1 Å². The van der Waals surface area contributed by atoms with Crippen LogP contribution in [0.2, 0.25) is 0 Å². The van der Waals surface area contributed by atoms with E-state index in [9.17, 15) is 0 Å². The first-order chi connectivity index (χ1) is 9.16. The van der Waals surface area contributed by atoms with E-state index in [4.69, 9.17) is 5.73 Å². The average Bonchev–Trinajstić information content (AvgIpc) is 2.46. The highest BCUT2D eigenvalue weighted by molar-refractivity contribution is 5.39. The van der Waals surface area contributed by atoms with Gasteiger partial charge in [-0.1, -0.05) is 6.07 Å². The first kappa shape index (κ1) is 13.5. The van der Waals surface area contributed by atoms with Gasteiger partial charge in [-0.2, -0.15) is 0 Å². The highest BCUT2D eigenvalue weighted by Gasteiger charge is 2.04. The van der Waals surface area contributed by atoms with E-state index in [0.29, 0.717) is 0 Å². The summed E-state index contributed by atoms with van der Waals surface area (Å²) in [6.07, 6.45) is 6.48. The Labute approximate surface area is 114 Å². The molecule has 0 saturated heterocycles. The van der Waals surface area contributed by atoms with Crippen molar-refractivity contribution in [3.63, 3.8) is 0 Å². The Kier molecular flexibility index (Phi) is 4.47. The maximum Gasteiger partial charge on any atom is 0.128 e. The molecule has 0 saturated carbocycles. The molecule has 4 heteroatoms. The lowest BCUT2D eigenvalue weighted by Crippen LogP contribution is -2.21. The molecule has 1 atom stereocenters. The molecule has 0 radical (unpaired) electrons. The summed E-state index contributed by atoms with van der Waals surface area (Å²) in [6, 6.07) is 8.17. The zero-order chi connectivity index (χ0) is 13.7. The Bertz CT molecular complexity index is 493. The first-order valence-electron chi connectivity index (χ1n) is 6.48. The number of nitrogens with zero attached hydrogens (tertiary/aromatic N) is 3. The number of nitrogens with two attached hydrogens (primary N) is 1. The van der Waals surface area contributed by atoms with E-state index in [1.54, 1.807) is 0 Å². The van der Waals surface area contributed by atoms with Gasteiger partial charge in [0.2, 0.25) is 0 Å². The van der Waals surface area contributed by atoms with Gasteiger partial charge in [0.05, 0.1) is 0 Å². The zero-order valence-corrected chi connectivity index (χ0v) is 11.5. The maximum atomic E-state index is 5.82. The average molecular weight is 256 g/mol. The van der Waals surface area contributed by atoms with E-state index in [0.717, 1.165) is 24.3 Å². The van der Waals surface area contributed by atoms with Gasteiger partial charge in [0.25, 0.3) is 0 Å². The predicted octanol–water partition coefficient (Wildman–Crippen LogP) is 2.18. The third kappa shape index (κ3) is 3.76. The fourth-order valence-corrected chi connectivity index (χ4v) is 1.85. The molecule has 0 aliphatic rings. The summed E-state index contributed by atoms with van der Waals surface area (Å²) in [4.78, 5) is 10.6. The van der Waals surface area contributed by atoms with Gasteiger partial charge in [0.15, 0.2) is 0 Å². The van der Waals surface area contributed by atoms with Crippen LogP contribution in [0.25, 0.3) is 0 Å². The van der Waals surface area contributed by atoms with Crippen LogP contribution in [0, 0.1) is 0 Å². The van der Waals surface area contributed by atoms with Gasteiger partial charge in [-0.15, -0.1) is 0 Å². The fourth-order valence-electron chi connectivity index (χ4n) is 1.85. The number of pyridine rings is 2. The van der Waals surface area contributed by atoms with Gasteiger partial charge in [0, 0.05) is 38.2 Å². The van der Waals surface area contributed by atoms with Crippen LogP contribution in [0.4, 0.5) is 5.82 Å². The van der Waals surface area contributed by atoms with Crippen LogP contribution in [0.15, 0.2) is 42.9 Å². The van der Waals surface area contributed by atoms with Gasteiger partial charge >= 0.3 is 0 Å². The molecule has 2 rings (SSSR count). The largest absolute Gasteiger partial charge is 0.359 e. The molecule has 4 nitrogen and oxygen atoms in total. The fraction of sp³-hybridized carbons (Fsp3) is 0.333. The van der Waals surface area contributed by atoms with Crippen LogP contribution in [-0.4, -0.2) is 23.6 Å². The van der Waals surface area contributed by atoms with Crippen molar-refractivity contribution in [2.45, 2.75) is 19.4 Å². The summed E-state index contributed by atoms with van der Waals surface area (Å²) in [5, 5.41) is 0. The van der Waals surface area contributed by atoms with Gasteiger partial charge in [-0.25, -0.2) is 4.98 Å². The lowest BCUT2D eigenvalue weighted by molar-refractivity contribution is 0.805. The summed E-state index contributed by atoms with van der Waals surface area (Å²) in [5.41, 5.74) is 8.16. The number of rotatable bonds is 5. The topological polar surface area (TPSA) is 55.0 Å².